The molecule has 2 unspecified atom stereocenters. The van der Waals surface area contributed by atoms with E-state index in [2.05, 4.69) is 11.9 Å². The Morgan fingerprint density at radius 3 is 2.68 bits per heavy atom. The second kappa shape index (κ2) is 6.23. The Bertz CT molecular complexity index is 317. The lowest BCUT2D eigenvalue weighted by Gasteiger charge is -2.36. The van der Waals surface area contributed by atoms with E-state index in [0.717, 1.165) is 38.3 Å². The Kier molecular flexibility index (Phi) is 4.85. The number of esters is 1. The summed E-state index contributed by atoms with van der Waals surface area (Å²) in [5.41, 5.74) is 5.62. The highest BCUT2D eigenvalue weighted by Crippen LogP contribution is 2.37. The van der Waals surface area contributed by atoms with Crippen LogP contribution in [0.15, 0.2) is 0 Å². The topological polar surface area (TPSA) is 55.6 Å². The third-order valence-electron chi connectivity index (χ3n) is 5.06. The highest BCUT2D eigenvalue weighted by Gasteiger charge is 2.46. The fourth-order valence-corrected chi connectivity index (χ4v) is 3.41. The second-order valence-corrected chi connectivity index (χ2v) is 6.20. The van der Waals surface area contributed by atoms with Crippen molar-refractivity contribution in [1.82, 2.24) is 4.90 Å². The first-order chi connectivity index (χ1) is 9.08. The van der Waals surface area contributed by atoms with Crippen LogP contribution in [-0.2, 0) is 9.53 Å². The quantitative estimate of drug-likeness (QED) is 0.748. The van der Waals surface area contributed by atoms with E-state index in [1.165, 1.54) is 19.3 Å². The maximum atomic E-state index is 12.1. The van der Waals surface area contributed by atoms with Crippen LogP contribution in [0.2, 0.25) is 0 Å². The van der Waals surface area contributed by atoms with E-state index in [9.17, 15) is 4.79 Å². The molecule has 0 aromatic rings. The SMILES string of the molecule is CCOC(=O)C1(N)CCCC1CCN(C)C1CCC1. The first kappa shape index (κ1) is 14.8. The molecular formula is C15H28N2O2. The molecule has 0 heterocycles. The van der Waals surface area contributed by atoms with E-state index in [-0.39, 0.29) is 11.9 Å². The summed E-state index contributed by atoms with van der Waals surface area (Å²) in [6, 6.07) is 0.760. The summed E-state index contributed by atoms with van der Waals surface area (Å²) in [7, 11) is 2.20. The van der Waals surface area contributed by atoms with Crippen LogP contribution in [0.25, 0.3) is 0 Å². The van der Waals surface area contributed by atoms with Crippen LogP contribution >= 0.6 is 0 Å². The molecule has 4 nitrogen and oxygen atoms in total. The molecule has 0 bridgehead atoms. The molecule has 0 saturated heterocycles. The number of nitrogens with two attached hydrogens (primary N) is 1. The highest BCUT2D eigenvalue weighted by molar-refractivity contribution is 5.81. The summed E-state index contributed by atoms with van der Waals surface area (Å²) < 4.78 is 5.17. The summed E-state index contributed by atoms with van der Waals surface area (Å²) >= 11 is 0. The van der Waals surface area contributed by atoms with Crippen molar-refractivity contribution >= 4 is 5.97 Å². The summed E-state index contributed by atoms with van der Waals surface area (Å²) in [5, 5.41) is 0. The summed E-state index contributed by atoms with van der Waals surface area (Å²) in [4.78, 5) is 14.5. The van der Waals surface area contributed by atoms with E-state index < -0.39 is 5.54 Å². The summed E-state index contributed by atoms with van der Waals surface area (Å²) in [6.45, 7) is 3.32. The molecular weight excluding hydrogens is 240 g/mol. The van der Waals surface area contributed by atoms with Gasteiger partial charge in [-0.25, -0.2) is 0 Å². The minimum absolute atomic E-state index is 0.191. The Morgan fingerprint density at radius 1 is 1.37 bits per heavy atom. The third-order valence-corrected chi connectivity index (χ3v) is 5.06. The Balaban J connectivity index is 1.85. The maximum Gasteiger partial charge on any atom is 0.326 e. The first-order valence-electron chi connectivity index (χ1n) is 7.74. The van der Waals surface area contributed by atoms with Crippen molar-refractivity contribution in [3.8, 4) is 0 Å². The van der Waals surface area contributed by atoms with Crippen molar-refractivity contribution < 1.29 is 9.53 Å². The molecule has 2 saturated carbocycles. The third kappa shape index (κ3) is 3.11. The van der Waals surface area contributed by atoms with E-state index >= 15 is 0 Å². The predicted molar refractivity (Wildman–Crippen MR) is 75.8 cm³/mol. The zero-order chi connectivity index (χ0) is 13.9. The molecule has 0 aromatic carbocycles. The normalized spacial score (nSPS) is 31.5. The molecule has 2 atom stereocenters. The van der Waals surface area contributed by atoms with E-state index in [4.69, 9.17) is 10.5 Å². The van der Waals surface area contributed by atoms with Gasteiger partial charge in [-0.1, -0.05) is 12.8 Å². The van der Waals surface area contributed by atoms with Crippen LogP contribution < -0.4 is 5.73 Å². The predicted octanol–water partition coefficient (Wildman–Crippen LogP) is 1.92. The van der Waals surface area contributed by atoms with Crippen molar-refractivity contribution in [2.75, 3.05) is 20.2 Å². The summed E-state index contributed by atoms with van der Waals surface area (Å²) in [5.74, 6) is 0.0953. The lowest BCUT2D eigenvalue weighted by molar-refractivity contribution is -0.151. The molecule has 4 heteroatoms. The van der Waals surface area contributed by atoms with Crippen molar-refractivity contribution in [1.29, 1.82) is 0 Å². The van der Waals surface area contributed by atoms with E-state index in [1.807, 2.05) is 6.92 Å². The van der Waals surface area contributed by atoms with Crippen molar-refractivity contribution in [3.05, 3.63) is 0 Å². The van der Waals surface area contributed by atoms with Gasteiger partial charge in [0.25, 0.3) is 0 Å². The van der Waals surface area contributed by atoms with Gasteiger partial charge in [0.2, 0.25) is 0 Å². The molecule has 2 fully saturated rings. The average Bonchev–Trinajstić information content (AvgIpc) is 2.67. The smallest absolute Gasteiger partial charge is 0.326 e. The zero-order valence-electron chi connectivity index (χ0n) is 12.4. The Morgan fingerprint density at radius 2 is 2.11 bits per heavy atom. The zero-order valence-corrected chi connectivity index (χ0v) is 12.4. The highest BCUT2D eigenvalue weighted by atomic mass is 16.5. The number of nitrogens with zero attached hydrogens (tertiary/aromatic N) is 1. The van der Waals surface area contributed by atoms with Gasteiger partial charge in [-0.15, -0.1) is 0 Å². The molecule has 110 valence electrons. The largest absolute Gasteiger partial charge is 0.465 e. The number of ether oxygens (including phenoxy) is 1. The second-order valence-electron chi connectivity index (χ2n) is 6.20. The number of carbonyl (C=O) groups excluding carboxylic acids is 1. The van der Waals surface area contributed by atoms with Gasteiger partial charge in [0.05, 0.1) is 6.61 Å². The average molecular weight is 268 g/mol. The number of rotatable bonds is 6. The fraction of sp³-hybridized carbons (Fsp3) is 0.933. The van der Waals surface area contributed by atoms with Gasteiger partial charge in [0, 0.05) is 6.04 Å². The Hall–Kier alpha value is -0.610. The molecule has 0 aromatic heterocycles. The van der Waals surface area contributed by atoms with Crippen LogP contribution in [0.3, 0.4) is 0 Å². The molecule has 0 aliphatic heterocycles. The standard InChI is InChI=1S/C15H28N2O2/c1-3-19-14(18)15(16)10-5-6-12(15)9-11-17(2)13-7-4-8-13/h12-13H,3-11,16H2,1-2H3. The molecule has 2 aliphatic rings. The van der Waals surface area contributed by atoms with Crippen LogP contribution in [0.4, 0.5) is 0 Å². The molecule has 0 spiro atoms. The van der Waals surface area contributed by atoms with Crippen molar-refractivity contribution in [3.63, 3.8) is 0 Å². The maximum absolute atomic E-state index is 12.1. The van der Waals surface area contributed by atoms with Crippen molar-refractivity contribution in [2.45, 2.75) is 63.5 Å². The van der Waals surface area contributed by atoms with Gasteiger partial charge in [0.15, 0.2) is 0 Å². The van der Waals surface area contributed by atoms with Crippen LogP contribution in [0.1, 0.15) is 51.9 Å². The van der Waals surface area contributed by atoms with Crippen molar-refractivity contribution in [2.24, 2.45) is 11.7 Å². The lowest BCUT2D eigenvalue weighted by atomic mass is 9.85. The minimum Gasteiger partial charge on any atom is -0.465 e. The Labute approximate surface area is 116 Å². The van der Waals surface area contributed by atoms with Gasteiger partial charge < -0.3 is 15.4 Å². The lowest BCUT2D eigenvalue weighted by Crippen LogP contribution is -2.52. The van der Waals surface area contributed by atoms with Crippen LogP contribution in [0, 0.1) is 5.92 Å². The first-order valence-corrected chi connectivity index (χ1v) is 7.74. The van der Waals surface area contributed by atoms with Gasteiger partial charge >= 0.3 is 5.97 Å². The van der Waals surface area contributed by atoms with Gasteiger partial charge in [-0.2, -0.15) is 0 Å². The molecule has 19 heavy (non-hydrogen) atoms. The molecule has 2 N–H and O–H groups in total. The molecule has 0 amide bonds. The molecule has 0 radical (unpaired) electrons. The van der Waals surface area contributed by atoms with E-state index in [0.29, 0.717) is 6.61 Å². The summed E-state index contributed by atoms with van der Waals surface area (Å²) in [6.07, 6.45) is 7.93. The molecule has 2 rings (SSSR count). The number of carbonyl (C=O) groups is 1. The monoisotopic (exact) mass is 268 g/mol. The van der Waals surface area contributed by atoms with Crippen LogP contribution in [0.5, 0.6) is 0 Å². The fourth-order valence-electron chi connectivity index (χ4n) is 3.41. The number of hydrogen-bond acceptors (Lipinski definition) is 4. The molecule has 2 aliphatic carbocycles. The number of hydrogen-bond donors (Lipinski definition) is 1. The van der Waals surface area contributed by atoms with Gasteiger partial charge in [-0.3, -0.25) is 4.79 Å². The van der Waals surface area contributed by atoms with Crippen LogP contribution in [-0.4, -0.2) is 42.6 Å². The van der Waals surface area contributed by atoms with Gasteiger partial charge in [0.1, 0.15) is 5.54 Å². The van der Waals surface area contributed by atoms with Gasteiger partial charge in [-0.05, 0) is 58.5 Å². The van der Waals surface area contributed by atoms with E-state index in [1.54, 1.807) is 0 Å². The minimum atomic E-state index is -0.726.